The van der Waals surface area contributed by atoms with E-state index in [2.05, 4.69) is 45.9 Å². The summed E-state index contributed by atoms with van der Waals surface area (Å²) in [6.45, 7) is 14.3. The molecule has 1 saturated carbocycles. The first kappa shape index (κ1) is 30.5. The lowest BCUT2D eigenvalue weighted by Gasteiger charge is -2.53. The van der Waals surface area contributed by atoms with Crippen LogP contribution >= 0.6 is 0 Å². The predicted octanol–water partition coefficient (Wildman–Crippen LogP) is 6.61. The van der Waals surface area contributed by atoms with Crippen LogP contribution in [-0.2, 0) is 4.79 Å². The van der Waals surface area contributed by atoms with Crippen molar-refractivity contribution in [3.05, 3.63) is 46.1 Å². The monoisotopic (exact) mass is 474 g/mol. The second-order valence-corrected chi connectivity index (χ2v) is 11.0. The summed E-state index contributed by atoms with van der Waals surface area (Å²) in [5.74, 6) is 0.0543. The first-order valence-electron chi connectivity index (χ1n) is 13.0. The molecule has 1 rings (SSSR count). The molecule has 34 heavy (non-hydrogen) atoms. The SMILES string of the molecule is CC(C)=CCCC(C)=CCC(O)C(C)=CCCC1(C)C(CCCO)C(=C(C)C=O)CCC1(C)O. The Morgan fingerprint density at radius 1 is 1.09 bits per heavy atom. The van der Waals surface area contributed by atoms with Crippen molar-refractivity contribution >= 4 is 6.29 Å². The highest BCUT2D eigenvalue weighted by Gasteiger charge is 2.52. The van der Waals surface area contributed by atoms with Crippen LogP contribution in [0.2, 0.25) is 0 Å². The Morgan fingerprint density at radius 3 is 2.35 bits per heavy atom. The molecule has 1 fully saturated rings. The quantitative estimate of drug-likeness (QED) is 0.159. The zero-order chi connectivity index (χ0) is 25.9. The third-order valence-corrected chi connectivity index (χ3v) is 8.07. The van der Waals surface area contributed by atoms with Crippen molar-refractivity contribution in [1.82, 2.24) is 0 Å². The van der Waals surface area contributed by atoms with Crippen LogP contribution in [0.3, 0.4) is 0 Å². The summed E-state index contributed by atoms with van der Waals surface area (Å²) in [4.78, 5) is 11.6. The molecule has 0 aromatic carbocycles. The van der Waals surface area contributed by atoms with Gasteiger partial charge in [-0.3, -0.25) is 4.79 Å². The van der Waals surface area contributed by atoms with Gasteiger partial charge in [0.05, 0.1) is 11.7 Å². The first-order chi connectivity index (χ1) is 15.9. The van der Waals surface area contributed by atoms with Gasteiger partial charge in [-0.1, -0.05) is 41.9 Å². The lowest BCUT2D eigenvalue weighted by atomic mass is 9.54. The van der Waals surface area contributed by atoms with Crippen molar-refractivity contribution in [2.75, 3.05) is 6.61 Å². The summed E-state index contributed by atoms with van der Waals surface area (Å²) in [6.07, 6.45) is 13.8. The van der Waals surface area contributed by atoms with Crippen molar-refractivity contribution in [3.8, 4) is 0 Å². The molecule has 1 aliphatic rings. The van der Waals surface area contributed by atoms with E-state index in [9.17, 15) is 20.1 Å². The Hall–Kier alpha value is -1.49. The van der Waals surface area contributed by atoms with E-state index in [4.69, 9.17) is 0 Å². The fourth-order valence-corrected chi connectivity index (χ4v) is 5.30. The highest BCUT2D eigenvalue weighted by atomic mass is 16.3. The summed E-state index contributed by atoms with van der Waals surface area (Å²) in [7, 11) is 0. The van der Waals surface area contributed by atoms with Crippen LogP contribution < -0.4 is 0 Å². The van der Waals surface area contributed by atoms with Crippen LogP contribution in [0.4, 0.5) is 0 Å². The molecule has 0 aliphatic heterocycles. The van der Waals surface area contributed by atoms with Gasteiger partial charge in [-0.2, -0.15) is 0 Å². The third kappa shape index (κ3) is 8.62. The van der Waals surface area contributed by atoms with Gasteiger partial charge in [0.25, 0.3) is 0 Å². The molecule has 0 aromatic heterocycles. The molecule has 0 heterocycles. The largest absolute Gasteiger partial charge is 0.396 e. The topological polar surface area (TPSA) is 77.8 Å². The van der Waals surface area contributed by atoms with Crippen molar-refractivity contribution in [1.29, 1.82) is 0 Å². The molecule has 1 aliphatic carbocycles. The second kappa shape index (κ2) is 14.2. The summed E-state index contributed by atoms with van der Waals surface area (Å²) in [5, 5.41) is 31.5. The number of aldehydes is 1. The molecule has 0 amide bonds. The van der Waals surface area contributed by atoms with Crippen molar-refractivity contribution < 1.29 is 20.1 Å². The van der Waals surface area contributed by atoms with Crippen LogP contribution in [0.1, 0.15) is 106 Å². The number of rotatable bonds is 13. The molecule has 0 spiro atoms. The zero-order valence-corrected chi connectivity index (χ0v) is 22.8. The zero-order valence-electron chi connectivity index (χ0n) is 22.8. The Labute approximate surface area is 208 Å². The Bertz CT molecular complexity index is 780. The van der Waals surface area contributed by atoms with Gasteiger partial charge in [-0.05, 0) is 116 Å². The number of hydrogen-bond acceptors (Lipinski definition) is 4. The van der Waals surface area contributed by atoms with Gasteiger partial charge in [0.2, 0.25) is 0 Å². The van der Waals surface area contributed by atoms with Crippen LogP contribution in [0.25, 0.3) is 0 Å². The molecule has 0 aromatic rings. The summed E-state index contributed by atoms with van der Waals surface area (Å²) < 4.78 is 0. The van der Waals surface area contributed by atoms with Crippen molar-refractivity contribution in [3.63, 3.8) is 0 Å². The Morgan fingerprint density at radius 2 is 1.76 bits per heavy atom. The normalized spacial score (nSPS) is 28.5. The minimum atomic E-state index is -0.856. The number of carbonyl (C=O) groups is 1. The molecule has 0 saturated heterocycles. The van der Waals surface area contributed by atoms with Gasteiger partial charge in [0, 0.05) is 12.0 Å². The second-order valence-electron chi connectivity index (χ2n) is 11.0. The van der Waals surface area contributed by atoms with Gasteiger partial charge < -0.3 is 15.3 Å². The summed E-state index contributed by atoms with van der Waals surface area (Å²) >= 11 is 0. The minimum Gasteiger partial charge on any atom is -0.396 e. The highest BCUT2D eigenvalue weighted by Crippen LogP contribution is 2.55. The van der Waals surface area contributed by atoms with E-state index in [0.717, 1.165) is 61.5 Å². The van der Waals surface area contributed by atoms with E-state index >= 15 is 0 Å². The average Bonchev–Trinajstić information content (AvgIpc) is 2.77. The lowest BCUT2D eigenvalue weighted by molar-refractivity contribution is -0.115. The maximum atomic E-state index is 11.6. The molecule has 194 valence electrons. The maximum absolute atomic E-state index is 11.6. The maximum Gasteiger partial charge on any atom is 0.145 e. The molecule has 4 nitrogen and oxygen atoms in total. The summed E-state index contributed by atoms with van der Waals surface area (Å²) in [5.41, 5.74) is 4.21. The minimum absolute atomic E-state index is 0.0543. The highest BCUT2D eigenvalue weighted by molar-refractivity contribution is 5.74. The molecule has 4 heteroatoms. The number of carbonyl (C=O) groups excluding carboxylic acids is 1. The van der Waals surface area contributed by atoms with Gasteiger partial charge in [-0.25, -0.2) is 0 Å². The number of aliphatic hydroxyl groups excluding tert-OH is 2. The number of aliphatic hydroxyl groups is 3. The predicted molar refractivity (Wildman–Crippen MR) is 143 cm³/mol. The Balaban J connectivity index is 2.92. The van der Waals surface area contributed by atoms with Gasteiger partial charge in [0.15, 0.2) is 0 Å². The van der Waals surface area contributed by atoms with E-state index in [0.29, 0.717) is 19.3 Å². The molecule has 0 radical (unpaired) electrons. The van der Waals surface area contributed by atoms with Gasteiger partial charge >= 0.3 is 0 Å². The number of hydrogen-bond donors (Lipinski definition) is 3. The Kier molecular flexibility index (Phi) is 12.7. The molecule has 3 N–H and O–H groups in total. The first-order valence-corrected chi connectivity index (χ1v) is 13.0. The summed E-state index contributed by atoms with van der Waals surface area (Å²) in [6, 6.07) is 0. The van der Waals surface area contributed by atoms with Crippen LogP contribution in [0.5, 0.6) is 0 Å². The molecular formula is C30H50O4. The van der Waals surface area contributed by atoms with E-state index in [1.54, 1.807) is 0 Å². The van der Waals surface area contributed by atoms with Crippen LogP contribution in [-0.4, -0.2) is 39.9 Å². The van der Waals surface area contributed by atoms with E-state index in [1.165, 1.54) is 11.1 Å². The van der Waals surface area contributed by atoms with E-state index < -0.39 is 17.1 Å². The van der Waals surface area contributed by atoms with Crippen molar-refractivity contribution in [2.45, 2.75) is 118 Å². The van der Waals surface area contributed by atoms with Crippen LogP contribution in [0, 0.1) is 11.3 Å². The van der Waals surface area contributed by atoms with E-state index in [-0.39, 0.29) is 12.5 Å². The molecule has 0 bridgehead atoms. The molecule has 4 unspecified atom stereocenters. The fourth-order valence-electron chi connectivity index (χ4n) is 5.30. The fraction of sp³-hybridized carbons (Fsp3) is 0.700. The smallest absolute Gasteiger partial charge is 0.145 e. The molecular weight excluding hydrogens is 424 g/mol. The van der Waals surface area contributed by atoms with Crippen molar-refractivity contribution in [2.24, 2.45) is 11.3 Å². The van der Waals surface area contributed by atoms with Gasteiger partial charge in [0.1, 0.15) is 6.29 Å². The van der Waals surface area contributed by atoms with E-state index in [1.807, 2.05) is 20.8 Å². The third-order valence-electron chi connectivity index (χ3n) is 8.07. The average molecular weight is 475 g/mol. The van der Waals surface area contributed by atoms with Crippen LogP contribution in [0.15, 0.2) is 46.1 Å². The molecule has 4 atom stereocenters. The number of allylic oxidation sites excluding steroid dienone is 6. The lowest BCUT2D eigenvalue weighted by Crippen LogP contribution is -2.52. The van der Waals surface area contributed by atoms with Gasteiger partial charge in [-0.15, -0.1) is 0 Å². The standard InChI is InChI=1S/C30H50O4/c1-22(2)11-8-12-23(3)15-16-28(33)24(4)13-9-18-29(6)27(14-10-20-31)26(25(5)21-32)17-19-30(29,7)34/h11,13,15,21,27-28,31,33-34H,8-10,12,14,16-20H2,1-7H3.